The lowest BCUT2D eigenvalue weighted by atomic mass is 10.1. The molecule has 0 aromatic heterocycles. The molecule has 0 heterocycles. The maximum Gasteiger partial charge on any atom is 0.191 e. The van der Waals surface area contributed by atoms with Crippen molar-refractivity contribution in [3.63, 3.8) is 0 Å². The Balaban J connectivity index is 0. The number of guanidine groups is 1. The Kier molecular flexibility index (Phi) is 21.9. The molecule has 0 unspecified atom stereocenters. The Morgan fingerprint density at radius 1 is 0.840 bits per heavy atom. The molecule has 0 radical (unpaired) electrons. The van der Waals surface area contributed by atoms with Crippen LogP contribution in [0.2, 0.25) is 0 Å². The van der Waals surface area contributed by atoms with Gasteiger partial charge in [0.2, 0.25) is 0 Å². The zero-order valence-electron chi connectivity index (χ0n) is 17.1. The summed E-state index contributed by atoms with van der Waals surface area (Å²) in [6.07, 6.45) is 7.55. The van der Waals surface area contributed by atoms with Crippen LogP contribution < -0.4 is 10.6 Å². The fourth-order valence-electron chi connectivity index (χ4n) is 2.47. The van der Waals surface area contributed by atoms with Gasteiger partial charge in [-0.1, -0.05) is 19.3 Å². The van der Waals surface area contributed by atoms with Gasteiger partial charge in [-0.25, -0.2) is 0 Å². The highest BCUT2D eigenvalue weighted by atomic mass is 127. The Labute approximate surface area is 173 Å². The van der Waals surface area contributed by atoms with E-state index in [0.717, 1.165) is 45.2 Å². The predicted octanol–water partition coefficient (Wildman–Crippen LogP) is 2.25. The molecule has 0 spiro atoms. The molecule has 7 heteroatoms. The molecule has 0 aliphatic carbocycles. The highest BCUT2D eigenvalue weighted by Crippen LogP contribution is 2.02. The number of nitrogens with zero attached hydrogens (tertiary/aromatic N) is 3. The molecule has 0 fully saturated rings. The number of nitrogens with one attached hydrogen (secondary N) is 2. The summed E-state index contributed by atoms with van der Waals surface area (Å²) in [7, 11) is 10.0. The first-order valence-corrected chi connectivity index (χ1v) is 9.37. The van der Waals surface area contributed by atoms with E-state index in [1.54, 1.807) is 7.11 Å². The first-order valence-electron chi connectivity index (χ1n) is 9.37. The molecule has 2 N–H and O–H groups in total. The van der Waals surface area contributed by atoms with Crippen molar-refractivity contribution in [2.24, 2.45) is 4.99 Å². The molecule has 0 atom stereocenters. The smallest absolute Gasteiger partial charge is 0.191 e. The molecule has 6 nitrogen and oxygen atoms in total. The fraction of sp³-hybridized carbons (Fsp3) is 0.944. The van der Waals surface area contributed by atoms with E-state index in [4.69, 9.17) is 4.74 Å². The summed E-state index contributed by atoms with van der Waals surface area (Å²) in [5.74, 6) is 0.910. The second-order valence-corrected chi connectivity index (χ2v) is 6.65. The monoisotopic (exact) mass is 471 g/mol. The first-order chi connectivity index (χ1) is 11.6. The van der Waals surface area contributed by atoms with Crippen LogP contribution in [0, 0.1) is 0 Å². The zero-order valence-corrected chi connectivity index (χ0v) is 19.5. The van der Waals surface area contributed by atoms with Gasteiger partial charge in [0.25, 0.3) is 0 Å². The highest BCUT2D eigenvalue weighted by molar-refractivity contribution is 14.0. The number of ether oxygens (including phenoxy) is 1. The van der Waals surface area contributed by atoms with E-state index in [-0.39, 0.29) is 24.0 Å². The summed E-state index contributed by atoms with van der Waals surface area (Å²) in [4.78, 5) is 8.85. The third-order valence-corrected chi connectivity index (χ3v) is 3.97. The van der Waals surface area contributed by atoms with Crippen LogP contribution in [0.1, 0.15) is 38.5 Å². The van der Waals surface area contributed by atoms with Crippen LogP contribution in [0.25, 0.3) is 0 Å². The molecule has 0 rings (SSSR count). The molecule has 152 valence electrons. The lowest BCUT2D eigenvalue weighted by Gasteiger charge is -2.18. The van der Waals surface area contributed by atoms with Gasteiger partial charge in [0.05, 0.1) is 0 Å². The van der Waals surface area contributed by atoms with Crippen molar-refractivity contribution in [2.75, 3.05) is 74.6 Å². The SMILES string of the molecule is CN=C(NCCCCCCCN(C)C)NCCN(C)CCCOC.I. The topological polar surface area (TPSA) is 52.1 Å². The van der Waals surface area contributed by atoms with E-state index in [1.807, 2.05) is 7.05 Å². The van der Waals surface area contributed by atoms with Gasteiger partial charge < -0.3 is 25.2 Å². The zero-order chi connectivity index (χ0) is 18.0. The lowest BCUT2D eigenvalue weighted by Crippen LogP contribution is -2.41. The van der Waals surface area contributed by atoms with Crippen LogP contribution in [0.3, 0.4) is 0 Å². The van der Waals surface area contributed by atoms with E-state index in [9.17, 15) is 0 Å². The normalized spacial score (nSPS) is 11.7. The number of likely N-dealkylation sites (N-methyl/N-ethyl adjacent to an activating group) is 1. The van der Waals surface area contributed by atoms with Crippen molar-refractivity contribution < 1.29 is 4.74 Å². The minimum atomic E-state index is 0. The molecule has 0 aliphatic heterocycles. The minimum absolute atomic E-state index is 0. The summed E-state index contributed by atoms with van der Waals surface area (Å²) in [5, 5.41) is 6.77. The van der Waals surface area contributed by atoms with Crippen LogP contribution in [-0.2, 0) is 4.74 Å². The van der Waals surface area contributed by atoms with Crippen molar-refractivity contribution in [1.82, 2.24) is 20.4 Å². The van der Waals surface area contributed by atoms with E-state index in [0.29, 0.717) is 0 Å². The number of aliphatic imine (C=N–C) groups is 1. The van der Waals surface area contributed by atoms with Crippen molar-refractivity contribution in [3.05, 3.63) is 0 Å². The third-order valence-electron chi connectivity index (χ3n) is 3.97. The van der Waals surface area contributed by atoms with Crippen molar-refractivity contribution in [1.29, 1.82) is 0 Å². The van der Waals surface area contributed by atoms with E-state index in [1.165, 1.54) is 38.6 Å². The average Bonchev–Trinajstić information content (AvgIpc) is 2.55. The summed E-state index contributed by atoms with van der Waals surface area (Å²) in [6.45, 7) is 6.02. The van der Waals surface area contributed by atoms with E-state index >= 15 is 0 Å². The summed E-state index contributed by atoms with van der Waals surface area (Å²) < 4.78 is 5.07. The largest absolute Gasteiger partial charge is 0.385 e. The van der Waals surface area contributed by atoms with Gasteiger partial charge in [-0.2, -0.15) is 0 Å². The Morgan fingerprint density at radius 2 is 1.48 bits per heavy atom. The molecule has 0 aromatic carbocycles. The van der Waals surface area contributed by atoms with Crippen molar-refractivity contribution in [2.45, 2.75) is 38.5 Å². The van der Waals surface area contributed by atoms with Crippen molar-refractivity contribution in [3.8, 4) is 0 Å². The Morgan fingerprint density at radius 3 is 2.12 bits per heavy atom. The summed E-state index contributed by atoms with van der Waals surface area (Å²) in [6, 6.07) is 0. The summed E-state index contributed by atoms with van der Waals surface area (Å²) >= 11 is 0. The van der Waals surface area contributed by atoms with Crippen LogP contribution in [0.15, 0.2) is 4.99 Å². The van der Waals surface area contributed by atoms with Gasteiger partial charge in [0.1, 0.15) is 0 Å². The highest BCUT2D eigenvalue weighted by Gasteiger charge is 2.00. The van der Waals surface area contributed by atoms with Crippen molar-refractivity contribution >= 4 is 29.9 Å². The number of halogens is 1. The van der Waals surface area contributed by atoms with E-state index in [2.05, 4.69) is 46.6 Å². The van der Waals surface area contributed by atoms with Crippen LogP contribution >= 0.6 is 24.0 Å². The van der Waals surface area contributed by atoms with Gasteiger partial charge >= 0.3 is 0 Å². The number of hydrogen-bond acceptors (Lipinski definition) is 4. The fourth-order valence-corrected chi connectivity index (χ4v) is 2.47. The maximum atomic E-state index is 5.07. The number of methoxy groups -OCH3 is 1. The van der Waals surface area contributed by atoms with E-state index < -0.39 is 0 Å². The first kappa shape index (κ1) is 27.1. The lowest BCUT2D eigenvalue weighted by molar-refractivity contribution is 0.180. The standard InChI is InChI=1S/C18H41N5O.HI/c1-19-18(21-13-16-23(4)15-11-17-24-5)20-12-9-7-6-8-10-14-22(2)3;/h6-17H2,1-5H3,(H2,19,20,21);1H. The van der Waals surface area contributed by atoms with Gasteiger partial charge in [0, 0.05) is 46.9 Å². The van der Waals surface area contributed by atoms with Gasteiger partial charge in [-0.15, -0.1) is 24.0 Å². The number of hydrogen-bond donors (Lipinski definition) is 2. The van der Waals surface area contributed by atoms with Gasteiger partial charge in [-0.05, 0) is 47.0 Å². The predicted molar refractivity (Wildman–Crippen MR) is 120 cm³/mol. The van der Waals surface area contributed by atoms with Gasteiger partial charge in [-0.3, -0.25) is 4.99 Å². The molecule has 0 bridgehead atoms. The molecular weight excluding hydrogens is 429 g/mol. The minimum Gasteiger partial charge on any atom is -0.385 e. The molecule has 0 saturated heterocycles. The van der Waals surface area contributed by atoms with Crippen LogP contribution in [0.5, 0.6) is 0 Å². The Hall–Kier alpha value is -0.120. The molecule has 0 aliphatic rings. The summed E-state index contributed by atoms with van der Waals surface area (Å²) in [5.41, 5.74) is 0. The quantitative estimate of drug-likeness (QED) is 0.166. The van der Waals surface area contributed by atoms with Crippen LogP contribution in [0.4, 0.5) is 0 Å². The second-order valence-electron chi connectivity index (χ2n) is 6.65. The molecular formula is C18H42IN5O. The number of unbranched alkanes of at least 4 members (excludes halogenated alkanes) is 4. The maximum absolute atomic E-state index is 5.07. The third kappa shape index (κ3) is 20.0. The molecule has 0 aromatic rings. The van der Waals surface area contributed by atoms with Gasteiger partial charge in [0.15, 0.2) is 5.96 Å². The Bertz CT molecular complexity index is 303. The molecule has 25 heavy (non-hydrogen) atoms. The number of rotatable bonds is 15. The second kappa shape index (κ2) is 20.2. The molecule has 0 saturated carbocycles. The van der Waals surface area contributed by atoms with Crippen LogP contribution in [-0.4, -0.2) is 90.4 Å². The average molecular weight is 471 g/mol. The molecule has 0 amide bonds.